The van der Waals surface area contributed by atoms with Crippen LogP contribution in [0.1, 0.15) is 31.2 Å². The zero-order valence-corrected chi connectivity index (χ0v) is 12.1. The first-order valence-corrected chi connectivity index (χ1v) is 7.37. The van der Waals surface area contributed by atoms with Gasteiger partial charge < -0.3 is 10.2 Å². The summed E-state index contributed by atoms with van der Waals surface area (Å²) in [4.78, 5) is 13.3. The van der Waals surface area contributed by atoms with Crippen LogP contribution in [0, 0.1) is 0 Å². The van der Waals surface area contributed by atoms with Crippen LogP contribution in [0.15, 0.2) is 18.2 Å². The minimum absolute atomic E-state index is 0.0860. The van der Waals surface area contributed by atoms with E-state index in [1.54, 1.807) is 18.2 Å². The van der Waals surface area contributed by atoms with E-state index in [0.29, 0.717) is 17.0 Å². The van der Waals surface area contributed by atoms with E-state index in [0.717, 1.165) is 25.9 Å². The third-order valence-corrected chi connectivity index (χ3v) is 4.05. The zero-order chi connectivity index (χ0) is 14.5. The molecule has 0 radical (unpaired) electrons. The van der Waals surface area contributed by atoms with Crippen LogP contribution in [0.2, 0.25) is 5.02 Å². The number of aromatic hydroxyl groups is 1. The first-order valence-electron chi connectivity index (χ1n) is 6.99. The maximum absolute atomic E-state index is 11.1. The topological polar surface area (TPSA) is 60.8 Å². The molecule has 4 nitrogen and oxygen atoms in total. The summed E-state index contributed by atoms with van der Waals surface area (Å²) in [5.41, 5.74) is 0.717. The van der Waals surface area contributed by atoms with E-state index < -0.39 is 5.97 Å². The normalized spacial score (nSPS) is 17.9. The molecule has 0 amide bonds. The Morgan fingerprint density at radius 3 is 2.65 bits per heavy atom. The van der Waals surface area contributed by atoms with E-state index in [2.05, 4.69) is 4.90 Å². The molecule has 1 aliphatic heterocycles. The molecule has 1 atom stereocenters. The molecule has 0 saturated carbocycles. The fraction of sp³-hybridized carbons (Fsp3) is 0.533. The number of carboxylic acids is 1. The standard InChI is InChI=1S/C15H20ClNO3/c16-12-4-5-14(18)11(8-12)9-13(10-15(19)20)17-6-2-1-3-7-17/h4-5,8,13,18H,1-3,6-7,9-10H2,(H,19,20). The van der Waals surface area contributed by atoms with Crippen molar-refractivity contribution in [3.63, 3.8) is 0 Å². The molecule has 1 aromatic rings. The van der Waals surface area contributed by atoms with E-state index in [1.807, 2.05) is 0 Å². The molecule has 20 heavy (non-hydrogen) atoms. The molecule has 0 spiro atoms. The lowest BCUT2D eigenvalue weighted by Gasteiger charge is -2.34. The molecule has 0 bridgehead atoms. The molecule has 110 valence electrons. The van der Waals surface area contributed by atoms with Crippen molar-refractivity contribution in [2.45, 2.75) is 38.1 Å². The van der Waals surface area contributed by atoms with Crippen LogP contribution in [0.5, 0.6) is 5.75 Å². The summed E-state index contributed by atoms with van der Waals surface area (Å²) in [7, 11) is 0. The third-order valence-electron chi connectivity index (χ3n) is 3.81. The summed E-state index contributed by atoms with van der Waals surface area (Å²) in [6.45, 7) is 1.86. The first-order chi connectivity index (χ1) is 9.56. The van der Waals surface area contributed by atoms with E-state index in [1.165, 1.54) is 6.42 Å². The number of carbonyl (C=O) groups is 1. The summed E-state index contributed by atoms with van der Waals surface area (Å²) in [6.07, 6.45) is 4.03. The summed E-state index contributed by atoms with van der Waals surface area (Å²) in [5.74, 6) is -0.621. The molecule has 1 aromatic carbocycles. The number of likely N-dealkylation sites (tertiary alicyclic amines) is 1. The highest BCUT2D eigenvalue weighted by atomic mass is 35.5. The molecule has 2 rings (SSSR count). The van der Waals surface area contributed by atoms with Gasteiger partial charge in [0, 0.05) is 11.1 Å². The molecule has 5 heteroatoms. The lowest BCUT2D eigenvalue weighted by atomic mass is 9.98. The monoisotopic (exact) mass is 297 g/mol. The van der Waals surface area contributed by atoms with Crippen LogP contribution in [0.3, 0.4) is 0 Å². The lowest BCUT2D eigenvalue weighted by Crippen LogP contribution is -2.41. The second kappa shape index (κ2) is 6.95. The fourth-order valence-electron chi connectivity index (χ4n) is 2.79. The quantitative estimate of drug-likeness (QED) is 0.877. The average Bonchev–Trinajstić information content (AvgIpc) is 2.42. The van der Waals surface area contributed by atoms with Crippen LogP contribution in [0.4, 0.5) is 0 Å². The largest absolute Gasteiger partial charge is 0.508 e. The lowest BCUT2D eigenvalue weighted by molar-refractivity contribution is -0.138. The molecule has 0 aliphatic carbocycles. The first kappa shape index (κ1) is 15.1. The van der Waals surface area contributed by atoms with Gasteiger partial charge in [-0.05, 0) is 56.1 Å². The Morgan fingerprint density at radius 2 is 2.00 bits per heavy atom. The van der Waals surface area contributed by atoms with Crippen molar-refractivity contribution in [3.8, 4) is 5.75 Å². The van der Waals surface area contributed by atoms with Gasteiger partial charge in [0.05, 0.1) is 6.42 Å². The Labute approximate surface area is 124 Å². The second-order valence-corrected chi connectivity index (χ2v) is 5.76. The summed E-state index contributed by atoms with van der Waals surface area (Å²) in [5, 5.41) is 19.6. The molecule has 1 fully saturated rings. The van der Waals surface area contributed by atoms with Gasteiger partial charge in [-0.3, -0.25) is 9.69 Å². The Hall–Kier alpha value is -1.26. The summed E-state index contributed by atoms with van der Waals surface area (Å²) >= 11 is 5.95. The van der Waals surface area contributed by atoms with Crippen molar-refractivity contribution < 1.29 is 15.0 Å². The van der Waals surface area contributed by atoms with E-state index in [9.17, 15) is 9.90 Å². The van der Waals surface area contributed by atoms with Crippen LogP contribution in [-0.4, -0.2) is 40.2 Å². The number of phenolic OH excluding ortho intramolecular Hbond substituents is 1. The molecular weight excluding hydrogens is 278 g/mol. The molecule has 2 N–H and O–H groups in total. The highest BCUT2D eigenvalue weighted by Crippen LogP contribution is 2.26. The Morgan fingerprint density at radius 1 is 1.30 bits per heavy atom. The number of piperidine rings is 1. The van der Waals surface area contributed by atoms with Gasteiger partial charge in [0.1, 0.15) is 5.75 Å². The number of rotatable bonds is 5. The van der Waals surface area contributed by atoms with Crippen LogP contribution in [-0.2, 0) is 11.2 Å². The SMILES string of the molecule is O=C(O)CC(Cc1cc(Cl)ccc1O)N1CCCCC1. The van der Waals surface area contributed by atoms with Gasteiger partial charge in [-0.2, -0.15) is 0 Å². The van der Waals surface area contributed by atoms with Gasteiger partial charge in [-0.1, -0.05) is 18.0 Å². The number of halogens is 1. The number of carboxylic acid groups (broad SMARTS) is 1. The molecule has 1 heterocycles. The van der Waals surface area contributed by atoms with Gasteiger partial charge in [0.15, 0.2) is 0 Å². The Kier molecular flexibility index (Phi) is 5.26. The minimum atomic E-state index is -0.804. The highest BCUT2D eigenvalue weighted by molar-refractivity contribution is 6.30. The van der Waals surface area contributed by atoms with Gasteiger partial charge in [-0.15, -0.1) is 0 Å². The molecule has 1 saturated heterocycles. The molecule has 0 aromatic heterocycles. The Bertz CT molecular complexity index is 472. The second-order valence-electron chi connectivity index (χ2n) is 5.33. The Balaban J connectivity index is 2.13. The number of aliphatic carboxylic acids is 1. The fourth-order valence-corrected chi connectivity index (χ4v) is 2.98. The average molecular weight is 298 g/mol. The van der Waals surface area contributed by atoms with E-state index >= 15 is 0 Å². The van der Waals surface area contributed by atoms with E-state index in [4.69, 9.17) is 16.7 Å². The van der Waals surface area contributed by atoms with Gasteiger partial charge in [0.25, 0.3) is 0 Å². The van der Waals surface area contributed by atoms with Crippen molar-refractivity contribution in [1.29, 1.82) is 0 Å². The van der Waals surface area contributed by atoms with E-state index in [-0.39, 0.29) is 18.2 Å². The maximum atomic E-state index is 11.1. The number of nitrogens with zero attached hydrogens (tertiary/aromatic N) is 1. The number of hydrogen-bond donors (Lipinski definition) is 2. The number of hydrogen-bond acceptors (Lipinski definition) is 3. The van der Waals surface area contributed by atoms with Crippen LogP contribution >= 0.6 is 11.6 Å². The highest BCUT2D eigenvalue weighted by Gasteiger charge is 2.24. The van der Waals surface area contributed by atoms with Gasteiger partial charge in [0.2, 0.25) is 0 Å². The minimum Gasteiger partial charge on any atom is -0.508 e. The maximum Gasteiger partial charge on any atom is 0.304 e. The predicted molar refractivity (Wildman–Crippen MR) is 78.3 cm³/mol. The van der Waals surface area contributed by atoms with Crippen molar-refractivity contribution in [2.75, 3.05) is 13.1 Å². The van der Waals surface area contributed by atoms with Crippen LogP contribution < -0.4 is 0 Å². The van der Waals surface area contributed by atoms with Crippen molar-refractivity contribution in [2.24, 2.45) is 0 Å². The van der Waals surface area contributed by atoms with Gasteiger partial charge in [-0.25, -0.2) is 0 Å². The third kappa shape index (κ3) is 4.12. The smallest absolute Gasteiger partial charge is 0.304 e. The molecular formula is C15H20ClNO3. The van der Waals surface area contributed by atoms with Gasteiger partial charge >= 0.3 is 5.97 Å². The van der Waals surface area contributed by atoms with Crippen LogP contribution in [0.25, 0.3) is 0 Å². The van der Waals surface area contributed by atoms with Crippen molar-refractivity contribution in [1.82, 2.24) is 4.90 Å². The van der Waals surface area contributed by atoms with Crippen molar-refractivity contribution >= 4 is 17.6 Å². The predicted octanol–water partition coefficient (Wildman–Crippen LogP) is 2.92. The summed E-state index contributed by atoms with van der Waals surface area (Å²) in [6, 6.07) is 4.83. The number of benzene rings is 1. The molecule has 1 unspecified atom stereocenters. The van der Waals surface area contributed by atoms with Crippen molar-refractivity contribution in [3.05, 3.63) is 28.8 Å². The molecule has 1 aliphatic rings. The summed E-state index contributed by atoms with van der Waals surface area (Å²) < 4.78 is 0. The zero-order valence-electron chi connectivity index (χ0n) is 11.4. The number of phenols is 1.